The number of halogens is 1. The van der Waals surface area contributed by atoms with Crippen LogP contribution in [0.1, 0.15) is 69.8 Å². The molecule has 3 aromatic carbocycles. The molecule has 170 valence electrons. The quantitative estimate of drug-likeness (QED) is 0.311. The van der Waals surface area contributed by atoms with E-state index in [2.05, 4.69) is 98.5 Å². The smallest absolute Gasteiger partial charge is 0.109 e. The summed E-state index contributed by atoms with van der Waals surface area (Å²) in [6.45, 7) is 4.85. The first-order valence-corrected chi connectivity index (χ1v) is 14.5. The topological polar surface area (TPSA) is 0 Å². The summed E-state index contributed by atoms with van der Waals surface area (Å²) in [5.41, 5.74) is 1.62. The summed E-state index contributed by atoms with van der Waals surface area (Å²) in [6.07, 6.45) is 11.1. The summed E-state index contributed by atoms with van der Waals surface area (Å²) in [7, 11) is -1.67. The van der Waals surface area contributed by atoms with Crippen LogP contribution in [0.4, 0.5) is 0 Å². The van der Waals surface area contributed by atoms with Gasteiger partial charge >= 0.3 is 0 Å². The van der Waals surface area contributed by atoms with Gasteiger partial charge in [-0.3, -0.25) is 0 Å². The van der Waals surface area contributed by atoms with E-state index in [1.165, 1.54) is 62.0 Å². The third kappa shape index (κ3) is 5.55. The molecule has 32 heavy (non-hydrogen) atoms. The van der Waals surface area contributed by atoms with E-state index in [0.717, 1.165) is 5.92 Å². The molecule has 0 unspecified atom stereocenters. The zero-order valence-corrected chi connectivity index (χ0v) is 22.2. The molecule has 0 spiro atoms. The van der Waals surface area contributed by atoms with Gasteiger partial charge in [0.1, 0.15) is 23.2 Å². The second-order valence-electron chi connectivity index (χ2n) is 9.45. The lowest BCUT2D eigenvalue weighted by Crippen LogP contribution is -3.00. The molecule has 0 atom stereocenters. The maximum Gasteiger partial charge on any atom is 0.109 e. The van der Waals surface area contributed by atoms with Gasteiger partial charge in [0.25, 0.3) is 0 Å². The zero-order valence-electron chi connectivity index (χ0n) is 19.7. The van der Waals surface area contributed by atoms with Gasteiger partial charge in [-0.25, -0.2) is 0 Å². The number of hydrogen-bond donors (Lipinski definition) is 0. The van der Waals surface area contributed by atoms with Crippen LogP contribution in [0.3, 0.4) is 0 Å². The number of unbranched alkanes of at least 4 members (excludes halogenated alkanes) is 2. The van der Waals surface area contributed by atoms with Crippen LogP contribution in [0.5, 0.6) is 0 Å². The molecule has 0 aliphatic heterocycles. The molecule has 0 heterocycles. The molecule has 0 amide bonds. The second kappa shape index (κ2) is 12.2. The Morgan fingerprint density at radius 1 is 0.688 bits per heavy atom. The summed E-state index contributed by atoms with van der Waals surface area (Å²) >= 11 is 0. The fraction of sp³-hybridized carbons (Fsp3) is 0.400. The minimum absolute atomic E-state index is 0. The van der Waals surface area contributed by atoms with E-state index in [1.54, 1.807) is 10.9 Å². The van der Waals surface area contributed by atoms with Crippen LogP contribution in [0, 0.1) is 5.92 Å². The van der Waals surface area contributed by atoms with Gasteiger partial charge in [-0.15, -0.1) is 0 Å². The second-order valence-corrected chi connectivity index (χ2v) is 13.0. The van der Waals surface area contributed by atoms with E-state index < -0.39 is 7.26 Å². The van der Waals surface area contributed by atoms with Crippen molar-refractivity contribution < 1.29 is 17.0 Å². The first-order valence-electron chi connectivity index (χ1n) is 12.3. The molecular formula is C30H38BrP. The molecule has 2 heteroatoms. The lowest BCUT2D eigenvalue weighted by Gasteiger charge is -2.32. The molecule has 0 bridgehead atoms. The summed E-state index contributed by atoms with van der Waals surface area (Å²) in [4.78, 5) is 0. The van der Waals surface area contributed by atoms with E-state index in [4.69, 9.17) is 0 Å². The van der Waals surface area contributed by atoms with E-state index in [9.17, 15) is 0 Å². The van der Waals surface area contributed by atoms with Crippen molar-refractivity contribution in [2.24, 2.45) is 5.92 Å². The summed E-state index contributed by atoms with van der Waals surface area (Å²) < 4.78 is 0. The van der Waals surface area contributed by atoms with Crippen LogP contribution in [-0.4, -0.2) is 6.66 Å². The Balaban J connectivity index is 0.00000289. The Morgan fingerprint density at radius 2 is 1.22 bits per heavy atom. The van der Waals surface area contributed by atoms with Crippen molar-refractivity contribution in [1.29, 1.82) is 0 Å². The Labute approximate surface area is 207 Å². The van der Waals surface area contributed by atoms with Crippen molar-refractivity contribution in [2.45, 2.75) is 64.2 Å². The molecule has 0 radical (unpaired) electrons. The van der Waals surface area contributed by atoms with Gasteiger partial charge in [0.15, 0.2) is 0 Å². The SMILES string of the molecule is CCCCCC1CCC(c2ccccc2[P+](C)(c2ccccc2)c2ccccc2)CC1.[Br-]. The summed E-state index contributed by atoms with van der Waals surface area (Å²) in [6, 6.07) is 31.9. The highest BCUT2D eigenvalue weighted by molar-refractivity contribution is 7.95. The Hall–Kier alpha value is -1.43. The van der Waals surface area contributed by atoms with Gasteiger partial charge in [0.05, 0.1) is 6.66 Å². The normalized spacial score (nSPS) is 18.7. The van der Waals surface area contributed by atoms with Crippen molar-refractivity contribution in [3.05, 3.63) is 90.5 Å². The van der Waals surface area contributed by atoms with Crippen molar-refractivity contribution in [2.75, 3.05) is 6.66 Å². The number of rotatable bonds is 8. The largest absolute Gasteiger partial charge is 1.00 e. The first-order chi connectivity index (χ1) is 15.2. The average molecular weight is 510 g/mol. The molecule has 0 nitrogen and oxygen atoms in total. The monoisotopic (exact) mass is 508 g/mol. The van der Waals surface area contributed by atoms with E-state index in [-0.39, 0.29) is 17.0 Å². The standard InChI is InChI=1S/C30H38P.BrH/c1-3-4-7-14-25-21-23-26(24-22-25)29-19-12-13-20-30(29)31(2,27-15-8-5-9-16-27)28-17-10-6-11-18-28;/h5-6,8-13,15-20,25-26H,3-4,7,14,21-24H2,1-2H3;1H/q+1;/p-1. The summed E-state index contributed by atoms with van der Waals surface area (Å²) in [5.74, 6) is 1.67. The van der Waals surface area contributed by atoms with Crippen LogP contribution in [-0.2, 0) is 0 Å². The Bertz CT molecular complexity index is 890. The van der Waals surface area contributed by atoms with Crippen molar-refractivity contribution in [1.82, 2.24) is 0 Å². The van der Waals surface area contributed by atoms with Crippen LogP contribution in [0.2, 0.25) is 0 Å². The minimum Gasteiger partial charge on any atom is -1.00 e. The van der Waals surface area contributed by atoms with E-state index in [1.807, 2.05) is 0 Å². The number of benzene rings is 3. The predicted molar refractivity (Wildman–Crippen MR) is 140 cm³/mol. The third-order valence-electron chi connectivity index (χ3n) is 7.47. The van der Waals surface area contributed by atoms with Crippen molar-refractivity contribution in [3.63, 3.8) is 0 Å². The minimum atomic E-state index is -1.67. The molecule has 1 fully saturated rings. The fourth-order valence-electron chi connectivity index (χ4n) is 5.56. The van der Waals surface area contributed by atoms with Gasteiger partial charge in [-0.2, -0.15) is 0 Å². The van der Waals surface area contributed by atoms with Gasteiger partial charge in [0.2, 0.25) is 0 Å². The lowest BCUT2D eigenvalue weighted by atomic mass is 9.77. The van der Waals surface area contributed by atoms with Crippen LogP contribution < -0.4 is 32.9 Å². The molecule has 0 N–H and O–H groups in total. The highest BCUT2D eigenvalue weighted by Gasteiger charge is 2.43. The van der Waals surface area contributed by atoms with E-state index >= 15 is 0 Å². The molecule has 3 aromatic rings. The predicted octanol–water partition coefficient (Wildman–Crippen LogP) is 4.47. The van der Waals surface area contributed by atoms with Crippen molar-refractivity contribution in [3.8, 4) is 0 Å². The molecule has 1 saturated carbocycles. The van der Waals surface area contributed by atoms with Gasteiger partial charge in [-0.05, 0) is 73.4 Å². The highest BCUT2D eigenvalue weighted by atomic mass is 79.9. The van der Waals surface area contributed by atoms with Crippen LogP contribution in [0.25, 0.3) is 0 Å². The van der Waals surface area contributed by atoms with Crippen molar-refractivity contribution >= 4 is 23.2 Å². The first kappa shape index (κ1) is 25.2. The molecule has 0 aromatic heterocycles. The van der Waals surface area contributed by atoms with Crippen LogP contribution in [0.15, 0.2) is 84.9 Å². The van der Waals surface area contributed by atoms with Gasteiger partial charge < -0.3 is 17.0 Å². The maximum atomic E-state index is 2.53. The third-order valence-corrected chi connectivity index (χ3v) is 11.5. The Kier molecular flexibility index (Phi) is 9.57. The number of hydrogen-bond acceptors (Lipinski definition) is 0. The fourth-order valence-corrected chi connectivity index (χ4v) is 9.11. The highest BCUT2D eigenvalue weighted by Crippen LogP contribution is 2.53. The molecule has 4 rings (SSSR count). The van der Waals surface area contributed by atoms with Gasteiger partial charge in [-0.1, -0.05) is 87.2 Å². The van der Waals surface area contributed by atoms with Gasteiger partial charge in [0, 0.05) is 0 Å². The van der Waals surface area contributed by atoms with Crippen LogP contribution >= 0.6 is 7.26 Å². The molecule has 1 aliphatic carbocycles. The molecule has 0 saturated heterocycles. The molecular weight excluding hydrogens is 471 g/mol. The maximum absolute atomic E-state index is 2.53. The molecule has 1 aliphatic rings. The Morgan fingerprint density at radius 3 is 1.78 bits per heavy atom. The zero-order chi connectivity index (χ0) is 21.5. The average Bonchev–Trinajstić information content (AvgIpc) is 2.85. The summed E-state index contributed by atoms with van der Waals surface area (Å²) in [5, 5.41) is 4.57. The lowest BCUT2D eigenvalue weighted by molar-refractivity contribution is -0.00000631. The van der Waals surface area contributed by atoms with E-state index in [0.29, 0.717) is 5.92 Å².